The molecule has 0 saturated carbocycles. The van der Waals surface area contributed by atoms with Gasteiger partial charge in [0.1, 0.15) is 16.3 Å². The highest BCUT2D eigenvalue weighted by Gasteiger charge is 2.25. The Bertz CT molecular complexity index is 2040. The summed E-state index contributed by atoms with van der Waals surface area (Å²) in [4.78, 5) is 53.7. The van der Waals surface area contributed by atoms with Crippen LogP contribution in [-0.2, 0) is 14.3 Å². The molecule has 0 fully saturated rings. The highest BCUT2D eigenvalue weighted by molar-refractivity contribution is 9.10. The normalized spacial score (nSPS) is 11.7. The summed E-state index contributed by atoms with van der Waals surface area (Å²) in [5.74, 6) is -1.74. The van der Waals surface area contributed by atoms with Crippen molar-refractivity contribution in [3.8, 4) is 11.1 Å². The number of benzene rings is 4. The van der Waals surface area contributed by atoms with Gasteiger partial charge in [0.05, 0.1) is 11.9 Å². The van der Waals surface area contributed by atoms with Gasteiger partial charge in [-0.2, -0.15) is 0 Å². The fourth-order valence-corrected chi connectivity index (χ4v) is 7.13. The second kappa shape index (κ2) is 17.1. The minimum absolute atomic E-state index is 0.0566. The maximum Gasteiger partial charge on any atom is 0.341 e. The van der Waals surface area contributed by atoms with Gasteiger partial charge in [0, 0.05) is 31.6 Å². The van der Waals surface area contributed by atoms with Crippen LogP contribution in [-0.4, -0.2) is 35.5 Å². The Morgan fingerprint density at radius 2 is 1.64 bits per heavy atom. The minimum Gasteiger partial charge on any atom is -0.462 e. The monoisotopic (exact) mass is 767 g/mol. The van der Waals surface area contributed by atoms with Crippen molar-refractivity contribution in [1.82, 2.24) is 5.32 Å². The number of aryl methyl sites for hydroxylation is 1. The smallest absolute Gasteiger partial charge is 0.341 e. The molecule has 8 nitrogen and oxygen atoms in total. The standard InChI is InChI=1S/C39H34BrN3O5S2/c1-4-48-39(47)34-32(27-18-16-24(2)17-19-27)23-49-38(34)43-35(44)25(3)50-31-15-9-14-30(22-31)41-37(46)33(21-26-10-8-13-29(40)20-26)42-36(45)28-11-6-5-7-12-28/h5-23,25H,4H2,1-3H3,(H,41,46)(H,42,45)(H,43,44)/b33-21+. The molecule has 254 valence electrons. The van der Waals surface area contributed by atoms with Crippen LogP contribution in [0.1, 0.15) is 45.7 Å². The molecule has 11 heteroatoms. The molecule has 3 N–H and O–H groups in total. The van der Waals surface area contributed by atoms with E-state index in [0.717, 1.165) is 20.5 Å². The first-order valence-electron chi connectivity index (χ1n) is 15.7. The highest BCUT2D eigenvalue weighted by atomic mass is 79.9. The fourth-order valence-electron chi connectivity index (χ4n) is 4.82. The zero-order valence-electron chi connectivity index (χ0n) is 27.5. The second-order valence-corrected chi connectivity index (χ2v) is 14.3. The second-order valence-electron chi connectivity index (χ2n) is 11.1. The number of thiophene rings is 1. The number of amides is 3. The molecule has 1 aromatic heterocycles. The van der Waals surface area contributed by atoms with E-state index in [1.165, 1.54) is 23.1 Å². The van der Waals surface area contributed by atoms with E-state index in [0.29, 0.717) is 32.9 Å². The average molecular weight is 769 g/mol. The van der Waals surface area contributed by atoms with E-state index in [2.05, 4.69) is 31.9 Å². The Morgan fingerprint density at radius 1 is 0.900 bits per heavy atom. The zero-order chi connectivity index (χ0) is 35.6. The number of hydrogen-bond donors (Lipinski definition) is 3. The number of hydrogen-bond acceptors (Lipinski definition) is 7. The number of rotatable bonds is 12. The van der Waals surface area contributed by atoms with Gasteiger partial charge >= 0.3 is 5.97 Å². The quantitative estimate of drug-likeness (QED) is 0.0663. The lowest BCUT2D eigenvalue weighted by Gasteiger charge is -2.14. The van der Waals surface area contributed by atoms with Crippen LogP contribution in [0.25, 0.3) is 17.2 Å². The molecule has 0 radical (unpaired) electrons. The predicted molar refractivity (Wildman–Crippen MR) is 205 cm³/mol. The van der Waals surface area contributed by atoms with E-state index < -0.39 is 23.0 Å². The van der Waals surface area contributed by atoms with Gasteiger partial charge in [-0.25, -0.2) is 4.79 Å². The van der Waals surface area contributed by atoms with Gasteiger partial charge in [-0.1, -0.05) is 82.2 Å². The van der Waals surface area contributed by atoms with Crippen LogP contribution in [0.3, 0.4) is 0 Å². The fraction of sp³-hybridized carbons (Fsp3) is 0.128. The summed E-state index contributed by atoms with van der Waals surface area (Å²) in [6, 6.07) is 30.9. The number of thioether (sulfide) groups is 1. The first-order valence-corrected chi connectivity index (χ1v) is 18.2. The molecular weight excluding hydrogens is 734 g/mol. The van der Waals surface area contributed by atoms with E-state index in [1.54, 1.807) is 62.4 Å². The van der Waals surface area contributed by atoms with Gasteiger partial charge in [0.25, 0.3) is 11.8 Å². The molecule has 50 heavy (non-hydrogen) atoms. The molecule has 0 aliphatic heterocycles. The van der Waals surface area contributed by atoms with Crippen molar-refractivity contribution in [2.75, 3.05) is 17.2 Å². The molecule has 1 atom stereocenters. The molecule has 0 spiro atoms. The Morgan fingerprint density at radius 3 is 2.36 bits per heavy atom. The minimum atomic E-state index is -0.557. The van der Waals surface area contributed by atoms with Gasteiger partial charge in [-0.15, -0.1) is 23.1 Å². The van der Waals surface area contributed by atoms with E-state index in [9.17, 15) is 19.2 Å². The van der Waals surface area contributed by atoms with E-state index in [-0.39, 0.29) is 18.2 Å². The molecule has 1 unspecified atom stereocenters. The number of nitrogens with one attached hydrogen (secondary N) is 3. The summed E-state index contributed by atoms with van der Waals surface area (Å²) in [6.07, 6.45) is 1.60. The van der Waals surface area contributed by atoms with Crippen LogP contribution in [0.4, 0.5) is 10.7 Å². The largest absolute Gasteiger partial charge is 0.462 e. The third-order valence-corrected chi connectivity index (χ3v) is 9.81. The van der Waals surface area contributed by atoms with Crippen LogP contribution in [0.15, 0.2) is 124 Å². The third kappa shape index (κ3) is 9.59. The number of ether oxygens (including phenoxy) is 1. The zero-order valence-corrected chi connectivity index (χ0v) is 30.7. The maximum absolute atomic E-state index is 13.6. The topological polar surface area (TPSA) is 114 Å². The SMILES string of the molecule is CCOC(=O)c1c(-c2ccc(C)cc2)csc1NC(=O)C(C)Sc1cccc(NC(=O)/C(=C\c2cccc(Br)c2)NC(=O)c2ccccc2)c1. The van der Waals surface area contributed by atoms with Crippen LogP contribution in [0.5, 0.6) is 0 Å². The molecule has 5 rings (SSSR count). The van der Waals surface area contributed by atoms with Gasteiger partial charge in [0.2, 0.25) is 5.91 Å². The molecule has 3 amide bonds. The van der Waals surface area contributed by atoms with Crippen molar-refractivity contribution in [1.29, 1.82) is 0 Å². The summed E-state index contributed by atoms with van der Waals surface area (Å²) in [7, 11) is 0. The van der Waals surface area contributed by atoms with E-state index in [1.807, 2.05) is 73.0 Å². The summed E-state index contributed by atoms with van der Waals surface area (Å²) in [6.45, 7) is 5.70. The van der Waals surface area contributed by atoms with Crippen molar-refractivity contribution in [2.24, 2.45) is 0 Å². The molecule has 0 aliphatic rings. The number of anilines is 2. The van der Waals surface area contributed by atoms with Gasteiger partial charge in [-0.3, -0.25) is 14.4 Å². The van der Waals surface area contributed by atoms with E-state index >= 15 is 0 Å². The van der Waals surface area contributed by atoms with Crippen LogP contribution in [0.2, 0.25) is 0 Å². The first-order chi connectivity index (χ1) is 24.1. The van der Waals surface area contributed by atoms with Crippen molar-refractivity contribution >= 4 is 79.5 Å². The van der Waals surface area contributed by atoms with Crippen LogP contribution < -0.4 is 16.0 Å². The van der Waals surface area contributed by atoms with Crippen LogP contribution >= 0.6 is 39.0 Å². The first kappa shape index (κ1) is 36.3. The van der Waals surface area contributed by atoms with Crippen molar-refractivity contribution < 1.29 is 23.9 Å². The summed E-state index contributed by atoms with van der Waals surface area (Å²) in [5.41, 5.74) is 4.62. The molecule has 4 aromatic carbocycles. The highest BCUT2D eigenvalue weighted by Crippen LogP contribution is 2.37. The lowest BCUT2D eigenvalue weighted by Crippen LogP contribution is -2.30. The molecule has 5 aromatic rings. The Kier molecular flexibility index (Phi) is 12.4. The van der Waals surface area contributed by atoms with Gasteiger partial charge in [0.15, 0.2) is 0 Å². The molecule has 0 bridgehead atoms. The van der Waals surface area contributed by atoms with E-state index in [4.69, 9.17) is 4.74 Å². The molecule has 0 saturated heterocycles. The lowest BCUT2D eigenvalue weighted by molar-refractivity contribution is -0.115. The molecule has 1 heterocycles. The van der Waals surface area contributed by atoms with Crippen molar-refractivity contribution in [3.05, 3.63) is 141 Å². The summed E-state index contributed by atoms with van der Waals surface area (Å²) in [5, 5.41) is 10.3. The predicted octanol–water partition coefficient (Wildman–Crippen LogP) is 9.19. The number of carbonyl (C=O) groups excluding carboxylic acids is 4. The Hall–Kier alpha value is -4.97. The van der Waals surface area contributed by atoms with Crippen LogP contribution in [0, 0.1) is 6.92 Å². The number of halogens is 1. The Balaban J connectivity index is 1.30. The summed E-state index contributed by atoms with van der Waals surface area (Å²) >= 11 is 6.01. The van der Waals surface area contributed by atoms with Crippen molar-refractivity contribution in [2.45, 2.75) is 30.9 Å². The average Bonchev–Trinajstić information content (AvgIpc) is 3.52. The maximum atomic E-state index is 13.6. The lowest BCUT2D eigenvalue weighted by atomic mass is 10.0. The molecule has 0 aliphatic carbocycles. The Labute approximate surface area is 307 Å². The van der Waals surface area contributed by atoms with Crippen molar-refractivity contribution in [3.63, 3.8) is 0 Å². The van der Waals surface area contributed by atoms with Gasteiger partial charge < -0.3 is 20.7 Å². The number of esters is 1. The third-order valence-electron chi connectivity index (χ3n) is 7.33. The molecular formula is C39H34BrN3O5S2. The number of carbonyl (C=O) groups is 4. The van der Waals surface area contributed by atoms with Gasteiger partial charge in [-0.05, 0) is 80.4 Å². The summed E-state index contributed by atoms with van der Waals surface area (Å²) < 4.78 is 6.17.